The monoisotopic (exact) mass is 222 g/mol. The van der Waals surface area contributed by atoms with Gasteiger partial charge >= 0.3 is 0 Å². The zero-order valence-electron chi connectivity index (χ0n) is 6.24. The molecule has 12 heavy (non-hydrogen) atoms. The number of aromatic nitrogens is 1. The number of aromatic amines is 1. The molecule has 1 aromatic carbocycles. The number of nitrogens with one attached hydrogen (secondary N) is 1. The fourth-order valence-corrected chi connectivity index (χ4v) is 1.13. The summed E-state index contributed by atoms with van der Waals surface area (Å²) in [5.74, 6) is 0. The smallest absolute Gasteiger partial charge is 0.118 e. The Kier molecular flexibility index (Phi) is 2.54. The minimum atomic E-state index is 0. The van der Waals surface area contributed by atoms with Crippen LogP contribution in [0.15, 0.2) is 30.3 Å². The second kappa shape index (κ2) is 3.44. The topological polar surface area (TPSA) is 39.6 Å². The molecule has 0 bridgehead atoms. The van der Waals surface area contributed by atoms with Gasteiger partial charge in [-0.15, -0.1) is 0 Å². The zero-order valence-corrected chi connectivity index (χ0v) is 7.96. The molecule has 58 valence electrons. The third-order valence-electron chi connectivity index (χ3n) is 1.65. The van der Waals surface area contributed by atoms with Crippen molar-refractivity contribution in [1.29, 1.82) is 5.26 Å². The zero-order chi connectivity index (χ0) is 7.68. The molecule has 0 aliphatic heterocycles. The SMILES string of the molecule is N#Cc1cc2ccccc2[nH]1.[Se]. The first kappa shape index (κ1) is 8.86. The van der Waals surface area contributed by atoms with Crippen LogP contribution >= 0.6 is 0 Å². The van der Waals surface area contributed by atoms with E-state index in [2.05, 4.69) is 11.1 Å². The molecule has 0 aliphatic carbocycles. The van der Waals surface area contributed by atoms with E-state index in [9.17, 15) is 0 Å². The Labute approximate surface area is 80.7 Å². The van der Waals surface area contributed by atoms with Crippen LogP contribution in [-0.2, 0) is 0 Å². The van der Waals surface area contributed by atoms with E-state index in [1.165, 1.54) is 0 Å². The number of H-pyrrole nitrogens is 1. The quantitative estimate of drug-likeness (QED) is 0.675. The number of para-hydroxylation sites is 1. The Morgan fingerprint density at radius 2 is 2.00 bits per heavy atom. The van der Waals surface area contributed by atoms with Gasteiger partial charge < -0.3 is 4.98 Å². The summed E-state index contributed by atoms with van der Waals surface area (Å²) in [6.07, 6.45) is 0. The summed E-state index contributed by atoms with van der Waals surface area (Å²) < 4.78 is 0. The normalized spacial score (nSPS) is 8.92. The molecule has 1 heterocycles. The predicted molar refractivity (Wildman–Crippen MR) is 48.8 cm³/mol. The number of hydrogen-bond acceptors (Lipinski definition) is 1. The molecule has 1 aromatic heterocycles. The summed E-state index contributed by atoms with van der Waals surface area (Å²) in [6, 6.07) is 11.7. The maximum Gasteiger partial charge on any atom is 0.118 e. The maximum atomic E-state index is 8.56. The van der Waals surface area contributed by atoms with Gasteiger partial charge in [0.15, 0.2) is 0 Å². The molecule has 0 saturated carbocycles. The molecule has 3 heteroatoms. The number of nitrogens with zero attached hydrogens (tertiary/aromatic N) is 1. The largest absolute Gasteiger partial charge is 0.346 e. The van der Waals surface area contributed by atoms with E-state index in [0.717, 1.165) is 10.9 Å². The van der Waals surface area contributed by atoms with Gasteiger partial charge in [-0.3, -0.25) is 0 Å². The summed E-state index contributed by atoms with van der Waals surface area (Å²) in [5.41, 5.74) is 1.63. The summed E-state index contributed by atoms with van der Waals surface area (Å²) in [7, 11) is 0. The van der Waals surface area contributed by atoms with Gasteiger partial charge in [-0.05, 0) is 12.1 Å². The average molecular weight is 221 g/mol. The fraction of sp³-hybridized carbons (Fsp3) is 0. The summed E-state index contributed by atoms with van der Waals surface area (Å²) in [6.45, 7) is 0. The van der Waals surface area contributed by atoms with Crippen LogP contribution in [0.4, 0.5) is 0 Å². The van der Waals surface area contributed by atoms with Gasteiger partial charge in [-0.25, -0.2) is 0 Å². The molecule has 0 saturated heterocycles. The number of fused-ring (bicyclic) bond motifs is 1. The van der Waals surface area contributed by atoms with Crippen LogP contribution < -0.4 is 0 Å². The molecule has 2 radical (unpaired) electrons. The second-order valence-corrected chi connectivity index (χ2v) is 2.38. The van der Waals surface area contributed by atoms with Crippen molar-refractivity contribution in [2.24, 2.45) is 0 Å². The fourth-order valence-electron chi connectivity index (χ4n) is 1.13. The number of nitriles is 1. The van der Waals surface area contributed by atoms with Crippen molar-refractivity contribution < 1.29 is 0 Å². The van der Waals surface area contributed by atoms with Crippen LogP contribution in [0.2, 0.25) is 0 Å². The third-order valence-corrected chi connectivity index (χ3v) is 1.65. The van der Waals surface area contributed by atoms with E-state index in [1.807, 2.05) is 30.3 Å². The molecular formula is C9H6N2Se. The van der Waals surface area contributed by atoms with Crippen molar-refractivity contribution in [1.82, 2.24) is 4.98 Å². The van der Waals surface area contributed by atoms with Crippen molar-refractivity contribution in [2.75, 3.05) is 0 Å². The molecule has 2 nitrogen and oxygen atoms in total. The molecule has 0 spiro atoms. The Bertz CT molecular complexity index is 392. The Morgan fingerprint density at radius 1 is 1.25 bits per heavy atom. The van der Waals surface area contributed by atoms with Crippen LogP contribution in [0.3, 0.4) is 0 Å². The van der Waals surface area contributed by atoms with E-state index in [-0.39, 0.29) is 17.1 Å². The van der Waals surface area contributed by atoms with Crippen molar-refractivity contribution in [3.8, 4) is 6.07 Å². The molecule has 2 rings (SSSR count). The van der Waals surface area contributed by atoms with Gasteiger partial charge in [-0.2, -0.15) is 5.26 Å². The first-order chi connectivity index (χ1) is 5.40. The summed E-state index contributed by atoms with van der Waals surface area (Å²) in [5, 5.41) is 9.64. The second-order valence-electron chi connectivity index (χ2n) is 2.38. The van der Waals surface area contributed by atoms with Crippen LogP contribution in [0, 0.1) is 11.3 Å². The van der Waals surface area contributed by atoms with Crippen LogP contribution in [-0.4, -0.2) is 22.1 Å². The molecular weight excluding hydrogens is 215 g/mol. The van der Waals surface area contributed by atoms with E-state index < -0.39 is 0 Å². The standard InChI is InChI=1S/C9H6N2.Se/c10-6-8-5-7-3-1-2-4-9(7)11-8;/h1-5,11H;. The van der Waals surface area contributed by atoms with Crippen LogP contribution in [0.25, 0.3) is 10.9 Å². The minimum absolute atomic E-state index is 0. The Morgan fingerprint density at radius 3 is 2.67 bits per heavy atom. The van der Waals surface area contributed by atoms with Gasteiger partial charge in [-0.1, -0.05) is 18.2 Å². The van der Waals surface area contributed by atoms with E-state index in [1.54, 1.807) is 0 Å². The molecule has 0 aliphatic rings. The van der Waals surface area contributed by atoms with Crippen molar-refractivity contribution in [3.63, 3.8) is 0 Å². The van der Waals surface area contributed by atoms with Crippen LogP contribution in [0.5, 0.6) is 0 Å². The number of benzene rings is 1. The molecule has 0 amide bonds. The summed E-state index contributed by atoms with van der Waals surface area (Å²) >= 11 is 0. The molecule has 1 N–H and O–H groups in total. The Hall–Kier alpha value is -1.23. The number of hydrogen-bond donors (Lipinski definition) is 1. The predicted octanol–water partition coefficient (Wildman–Crippen LogP) is 1.66. The first-order valence-electron chi connectivity index (χ1n) is 3.38. The molecule has 2 aromatic rings. The van der Waals surface area contributed by atoms with Gasteiger partial charge in [0.05, 0.1) is 0 Å². The van der Waals surface area contributed by atoms with Gasteiger partial charge in [0.2, 0.25) is 0 Å². The van der Waals surface area contributed by atoms with E-state index in [0.29, 0.717) is 5.69 Å². The minimum Gasteiger partial charge on any atom is -0.346 e. The van der Waals surface area contributed by atoms with Crippen molar-refractivity contribution >= 4 is 28.0 Å². The summed E-state index contributed by atoms with van der Waals surface area (Å²) in [4.78, 5) is 2.98. The van der Waals surface area contributed by atoms with Gasteiger partial charge in [0.25, 0.3) is 0 Å². The first-order valence-corrected chi connectivity index (χ1v) is 3.38. The van der Waals surface area contributed by atoms with Crippen molar-refractivity contribution in [3.05, 3.63) is 36.0 Å². The average Bonchev–Trinajstić information content (AvgIpc) is 2.46. The molecule has 0 atom stereocenters. The van der Waals surface area contributed by atoms with Gasteiger partial charge in [0, 0.05) is 28.0 Å². The van der Waals surface area contributed by atoms with Crippen molar-refractivity contribution in [2.45, 2.75) is 0 Å². The number of rotatable bonds is 0. The third kappa shape index (κ3) is 1.35. The molecule has 0 unspecified atom stereocenters. The van der Waals surface area contributed by atoms with Gasteiger partial charge in [0.1, 0.15) is 11.8 Å². The van der Waals surface area contributed by atoms with E-state index >= 15 is 0 Å². The van der Waals surface area contributed by atoms with E-state index in [4.69, 9.17) is 5.26 Å². The Balaban J connectivity index is 0.000000720. The maximum absolute atomic E-state index is 8.56. The van der Waals surface area contributed by atoms with Crippen LogP contribution in [0.1, 0.15) is 5.69 Å². The molecule has 0 fully saturated rings.